The highest BCUT2D eigenvalue weighted by atomic mass is 19.1. The number of rotatable bonds is 4. The molecule has 1 aliphatic heterocycles. The Morgan fingerprint density at radius 1 is 1.16 bits per heavy atom. The van der Waals surface area contributed by atoms with E-state index in [-0.39, 0.29) is 49.2 Å². The molecule has 10 nitrogen and oxygen atoms in total. The monoisotopic (exact) mass is 600 g/mol. The second kappa shape index (κ2) is 9.49. The zero-order chi connectivity index (χ0) is 31.3. The lowest BCUT2D eigenvalue weighted by Gasteiger charge is -2.63. The molecule has 230 valence electrons. The fourth-order valence-corrected chi connectivity index (χ4v) is 9.05. The standard InChI is InChI=1S/C31H34F2N2O8/c1-16-9-21-22-12-24(32)23-11-19(36)7-8-28(23,2)30(22,33)25(38)13-29(21,3)31(16,27(40)34-14-20(37)15-34)43-26(39)17-5-4-6-18(10-17)35(41)42/h4-8,10-11,16,20-22,24-25,37-38H,9,12-15H2,1-3H3/t16-,21+,22+,24+,25?,28+,29+,30+,31+/m1/s1. The molecule has 3 saturated carbocycles. The van der Waals surface area contributed by atoms with E-state index >= 15 is 8.78 Å². The van der Waals surface area contributed by atoms with Crippen LogP contribution in [0.5, 0.6) is 0 Å². The minimum Gasteiger partial charge on any atom is -0.444 e. The first kappa shape index (κ1) is 29.6. The number of alkyl halides is 2. The summed E-state index contributed by atoms with van der Waals surface area (Å²) in [5.41, 5.74) is -7.90. The molecule has 4 fully saturated rings. The number of nitro groups is 1. The number of β-amino-alcohol motifs (C(OH)–C–C–N with tert-alkyl or cyclic N) is 1. The summed E-state index contributed by atoms with van der Waals surface area (Å²) in [6, 6.07) is 4.88. The highest BCUT2D eigenvalue weighted by Crippen LogP contribution is 2.72. The van der Waals surface area contributed by atoms with Crippen LogP contribution in [0.1, 0.15) is 50.4 Å². The number of ketones is 1. The third kappa shape index (κ3) is 3.78. The number of likely N-dealkylation sites (tertiary alicyclic amines) is 1. The van der Waals surface area contributed by atoms with Gasteiger partial charge < -0.3 is 19.8 Å². The number of hydrogen-bond donors (Lipinski definition) is 2. The molecule has 1 heterocycles. The average molecular weight is 601 g/mol. The summed E-state index contributed by atoms with van der Waals surface area (Å²) >= 11 is 0. The minimum atomic E-state index is -2.39. The normalized spacial score (nSPS) is 41.8. The smallest absolute Gasteiger partial charge is 0.339 e. The summed E-state index contributed by atoms with van der Waals surface area (Å²) in [5, 5.41) is 33.1. The van der Waals surface area contributed by atoms with Crippen molar-refractivity contribution in [3.8, 4) is 0 Å². The van der Waals surface area contributed by atoms with Crippen molar-refractivity contribution in [2.75, 3.05) is 13.1 Å². The Morgan fingerprint density at radius 3 is 2.51 bits per heavy atom. The molecule has 1 unspecified atom stereocenters. The predicted molar refractivity (Wildman–Crippen MR) is 147 cm³/mol. The van der Waals surface area contributed by atoms with E-state index in [0.29, 0.717) is 0 Å². The SMILES string of the molecule is C[C@@H]1C[C@H]2[C@@H]3C[C@H](F)C4=CC(=O)C=C[C@]4(C)[C@@]3(F)C(O)C[C@]2(C)[C@@]1(OC(=O)c1cccc([N+](=O)[O-])c1)C(=O)N1CC(O)C1. The summed E-state index contributed by atoms with van der Waals surface area (Å²) in [4.78, 5) is 52.2. The molecule has 0 radical (unpaired) electrons. The zero-order valence-corrected chi connectivity index (χ0v) is 24.0. The molecule has 4 aliphatic carbocycles. The van der Waals surface area contributed by atoms with Gasteiger partial charge in [0.05, 0.1) is 22.7 Å². The van der Waals surface area contributed by atoms with E-state index in [1.165, 1.54) is 42.2 Å². The van der Waals surface area contributed by atoms with Gasteiger partial charge in [0.2, 0.25) is 0 Å². The fourth-order valence-electron chi connectivity index (χ4n) is 9.05. The number of nitrogens with zero attached hydrogens (tertiary/aromatic N) is 2. The molecule has 1 saturated heterocycles. The quantitative estimate of drug-likeness (QED) is 0.304. The first-order valence-electron chi connectivity index (χ1n) is 14.5. The van der Waals surface area contributed by atoms with Crippen molar-refractivity contribution in [1.82, 2.24) is 4.90 Å². The molecule has 1 aromatic carbocycles. The van der Waals surface area contributed by atoms with Gasteiger partial charge >= 0.3 is 5.97 Å². The number of aliphatic hydroxyl groups is 2. The number of aliphatic hydroxyl groups excluding tert-OH is 2. The number of hydrogen-bond acceptors (Lipinski definition) is 8. The van der Waals surface area contributed by atoms with E-state index in [4.69, 9.17) is 4.74 Å². The Labute approximate surface area is 246 Å². The Hall–Kier alpha value is -3.51. The van der Waals surface area contributed by atoms with Crippen LogP contribution in [0, 0.1) is 38.7 Å². The van der Waals surface area contributed by atoms with Crippen LogP contribution in [0.15, 0.2) is 48.1 Å². The fraction of sp³-hybridized carbons (Fsp3) is 0.581. The van der Waals surface area contributed by atoms with Gasteiger partial charge in [0.25, 0.3) is 11.6 Å². The molecule has 9 atom stereocenters. The molecule has 43 heavy (non-hydrogen) atoms. The van der Waals surface area contributed by atoms with Crippen molar-refractivity contribution in [3.05, 3.63) is 63.7 Å². The molecule has 0 aromatic heterocycles. The number of non-ortho nitro benzene ring substituents is 1. The zero-order valence-electron chi connectivity index (χ0n) is 24.0. The van der Waals surface area contributed by atoms with Crippen molar-refractivity contribution < 1.29 is 43.0 Å². The summed E-state index contributed by atoms with van der Waals surface area (Å²) in [5.74, 6) is -4.64. The van der Waals surface area contributed by atoms with Crippen LogP contribution in [0.4, 0.5) is 14.5 Å². The molecular weight excluding hydrogens is 566 g/mol. The number of allylic oxidation sites excluding steroid dienone is 4. The molecule has 6 rings (SSSR count). The second-order valence-corrected chi connectivity index (χ2v) is 13.3. The number of carbonyl (C=O) groups is 3. The number of nitro benzene ring substituents is 1. The number of halogens is 2. The lowest BCUT2D eigenvalue weighted by Crippen LogP contribution is -2.73. The van der Waals surface area contributed by atoms with Gasteiger partial charge in [0, 0.05) is 47.9 Å². The average Bonchev–Trinajstić information content (AvgIpc) is 3.15. The lowest BCUT2D eigenvalue weighted by molar-refractivity contribution is -0.384. The van der Waals surface area contributed by atoms with E-state index in [1.807, 2.05) is 0 Å². The maximum atomic E-state index is 17.6. The summed E-state index contributed by atoms with van der Waals surface area (Å²) in [6.45, 7) is 4.79. The van der Waals surface area contributed by atoms with Crippen LogP contribution in [0.3, 0.4) is 0 Å². The summed E-state index contributed by atoms with van der Waals surface area (Å²) in [7, 11) is 0. The predicted octanol–water partition coefficient (Wildman–Crippen LogP) is 3.26. The number of fused-ring (bicyclic) bond motifs is 5. The van der Waals surface area contributed by atoms with Crippen LogP contribution in [-0.2, 0) is 14.3 Å². The van der Waals surface area contributed by atoms with Crippen LogP contribution < -0.4 is 0 Å². The van der Waals surface area contributed by atoms with E-state index in [9.17, 15) is 34.7 Å². The van der Waals surface area contributed by atoms with Crippen LogP contribution in [-0.4, -0.2) is 80.4 Å². The Kier molecular flexibility index (Phi) is 6.53. The van der Waals surface area contributed by atoms with Crippen LogP contribution in [0.2, 0.25) is 0 Å². The highest BCUT2D eigenvalue weighted by Gasteiger charge is 2.78. The molecule has 12 heteroatoms. The first-order chi connectivity index (χ1) is 20.1. The van der Waals surface area contributed by atoms with Crippen molar-refractivity contribution >= 4 is 23.3 Å². The summed E-state index contributed by atoms with van der Waals surface area (Å²) in [6.07, 6.45) is -1.07. The van der Waals surface area contributed by atoms with Crippen molar-refractivity contribution in [1.29, 1.82) is 0 Å². The molecule has 1 aromatic rings. The maximum Gasteiger partial charge on any atom is 0.339 e. The van der Waals surface area contributed by atoms with Gasteiger partial charge in [-0.15, -0.1) is 0 Å². The maximum absolute atomic E-state index is 17.6. The van der Waals surface area contributed by atoms with Crippen LogP contribution in [0.25, 0.3) is 0 Å². The van der Waals surface area contributed by atoms with Gasteiger partial charge in [-0.1, -0.05) is 26.0 Å². The van der Waals surface area contributed by atoms with E-state index in [1.54, 1.807) is 13.8 Å². The van der Waals surface area contributed by atoms with Gasteiger partial charge in [-0.2, -0.15) is 0 Å². The Bertz CT molecular complexity index is 1490. The molecular formula is C31H34F2N2O8. The first-order valence-corrected chi connectivity index (χ1v) is 14.5. The number of amides is 1. The second-order valence-electron chi connectivity index (χ2n) is 13.3. The molecule has 1 amide bonds. The highest BCUT2D eigenvalue weighted by molar-refractivity contribution is 6.01. The van der Waals surface area contributed by atoms with Gasteiger partial charge in [-0.25, -0.2) is 13.6 Å². The Morgan fingerprint density at radius 2 is 1.86 bits per heavy atom. The Balaban J connectivity index is 1.46. The van der Waals surface area contributed by atoms with Crippen molar-refractivity contribution in [3.63, 3.8) is 0 Å². The van der Waals surface area contributed by atoms with Gasteiger partial charge in [0.1, 0.15) is 6.17 Å². The van der Waals surface area contributed by atoms with E-state index < -0.39 is 80.8 Å². The lowest BCUT2D eigenvalue weighted by atomic mass is 9.44. The number of esters is 1. The minimum absolute atomic E-state index is 0.0148. The molecule has 0 bridgehead atoms. The van der Waals surface area contributed by atoms with E-state index in [0.717, 1.165) is 12.1 Å². The van der Waals surface area contributed by atoms with Gasteiger partial charge in [-0.3, -0.25) is 19.7 Å². The largest absolute Gasteiger partial charge is 0.444 e. The molecule has 2 N–H and O–H groups in total. The molecule has 5 aliphatic rings. The topological polar surface area (TPSA) is 147 Å². The third-order valence-corrected chi connectivity index (χ3v) is 11.2. The number of ether oxygens (including phenoxy) is 1. The molecule has 0 spiro atoms. The van der Waals surface area contributed by atoms with Crippen molar-refractivity contribution in [2.45, 2.75) is 69.7 Å². The van der Waals surface area contributed by atoms with Gasteiger partial charge in [-0.05, 0) is 55.9 Å². The van der Waals surface area contributed by atoms with Crippen LogP contribution >= 0.6 is 0 Å². The number of carbonyl (C=O) groups excluding carboxylic acids is 3. The van der Waals surface area contributed by atoms with E-state index in [2.05, 4.69) is 0 Å². The third-order valence-electron chi connectivity index (χ3n) is 11.2. The van der Waals surface area contributed by atoms with Crippen molar-refractivity contribution in [2.24, 2.45) is 28.6 Å². The summed E-state index contributed by atoms with van der Waals surface area (Å²) < 4.78 is 39.7. The van der Waals surface area contributed by atoms with Gasteiger partial charge in [0.15, 0.2) is 17.1 Å². The number of benzene rings is 1.